The highest BCUT2D eigenvalue weighted by Crippen LogP contribution is 2.62. The quantitative estimate of drug-likeness (QED) is 0.576. The lowest BCUT2D eigenvalue weighted by Crippen LogP contribution is -2.59. The zero-order valence-electron chi connectivity index (χ0n) is 14.1. The summed E-state index contributed by atoms with van der Waals surface area (Å²) in [6, 6.07) is 0. The van der Waals surface area contributed by atoms with E-state index in [-0.39, 0.29) is 17.2 Å². The molecule has 21 heavy (non-hydrogen) atoms. The molecule has 0 saturated heterocycles. The molecule has 0 heterocycles. The van der Waals surface area contributed by atoms with Gasteiger partial charge in [-0.1, -0.05) is 46.5 Å². The first kappa shape index (κ1) is 16.5. The van der Waals surface area contributed by atoms with Crippen molar-refractivity contribution in [2.24, 2.45) is 16.2 Å². The Morgan fingerprint density at radius 1 is 1.00 bits per heavy atom. The van der Waals surface area contributed by atoms with Gasteiger partial charge in [-0.05, 0) is 38.0 Å². The second-order valence-corrected chi connectivity index (χ2v) is 8.15. The molecule has 2 aliphatic rings. The van der Waals surface area contributed by atoms with E-state index in [1.54, 1.807) is 0 Å². The Balaban J connectivity index is 2.21. The minimum atomic E-state index is -0.862. The molecule has 3 heteroatoms. The Bertz CT molecular complexity index is 401. The smallest absolute Gasteiger partial charge is 0.319 e. The maximum absolute atomic E-state index is 12.9. The lowest BCUT2D eigenvalue weighted by atomic mass is 9.46. The summed E-state index contributed by atoms with van der Waals surface area (Å²) < 4.78 is 5.27. The van der Waals surface area contributed by atoms with Crippen LogP contribution in [-0.4, -0.2) is 18.4 Å². The minimum absolute atomic E-state index is 0.0725. The number of ketones is 1. The Morgan fingerprint density at radius 2 is 1.52 bits per heavy atom. The number of rotatable bonds is 3. The van der Waals surface area contributed by atoms with E-state index in [1.165, 1.54) is 38.5 Å². The normalized spacial score (nSPS) is 24.0. The fraction of sp³-hybridized carbons (Fsp3) is 0.889. The second-order valence-electron chi connectivity index (χ2n) is 8.15. The van der Waals surface area contributed by atoms with Crippen LogP contribution in [0.5, 0.6) is 0 Å². The van der Waals surface area contributed by atoms with Gasteiger partial charge in [0.05, 0.1) is 6.61 Å². The van der Waals surface area contributed by atoms with Crippen LogP contribution < -0.4 is 0 Å². The SMILES string of the molecule is CCOC(=O)C1(C(=O)C(C)(C)C)CC2(CCCCCC2)C1. The first-order valence-corrected chi connectivity index (χ1v) is 8.48. The van der Waals surface area contributed by atoms with Crippen molar-refractivity contribution in [3.05, 3.63) is 0 Å². The number of hydrogen-bond acceptors (Lipinski definition) is 3. The standard InChI is InChI=1S/C18H30O3/c1-5-21-15(20)18(14(19)16(2,3)4)12-17(13-18)10-8-6-7-9-11-17/h5-13H2,1-4H3. The van der Waals surface area contributed by atoms with E-state index in [1.807, 2.05) is 27.7 Å². The molecule has 2 aliphatic carbocycles. The highest BCUT2D eigenvalue weighted by Gasteiger charge is 2.64. The van der Waals surface area contributed by atoms with Gasteiger partial charge < -0.3 is 4.74 Å². The molecule has 0 aliphatic heterocycles. The fourth-order valence-electron chi connectivity index (χ4n) is 4.45. The molecular weight excluding hydrogens is 264 g/mol. The molecule has 0 aromatic carbocycles. The number of esters is 1. The van der Waals surface area contributed by atoms with E-state index in [4.69, 9.17) is 4.74 Å². The predicted molar refractivity (Wildman–Crippen MR) is 82.9 cm³/mol. The van der Waals surface area contributed by atoms with Crippen LogP contribution in [0.2, 0.25) is 0 Å². The zero-order valence-corrected chi connectivity index (χ0v) is 14.1. The van der Waals surface area contributed by atoms with Gasteiger partial charge in [0.15, 0.2) is 5.78 Å². The van der Waals surface area contributed by atoms with Gasteiger partial charge in [-0.25, -0.2) is 0 Å². The van der Waals surface area contributed by atoms with Gasteiger partial charge in [0.2, 0.25) is 0 Å². The van der Waals surface area contributed by atoms with Crippen LogP contribution in [0.25, 0.3) is 0 Å². The van der Waals surface area contributed by atoms with Crippen LogP contribution in [0.4, 0.5) is 0 Å². The van der Waals surface area contributed by atoms with Gasteiger partial charge in [-0.15, -0.1) is 0 Å². The Morgan fingerprint density at radius 3 is 1.95 bits per heavy atom. The van der Waals surface area contributed by atoms with Gasteiger partial charge >= 0.3 is 5.97 Å². The fourth-order valence-corrected chi connectivity index (χ4v) is 4.45. The maximum atomic E-state index is 12.9. The number of carbonyl (C=O) groups excluding carboxylic acids is 2. The van der Waals surface area contributed by atoms with Crippen LogP contribution in [0.15, 0.2) is 0 Å². The van der Waals surface area contributed by atoms with Crippen molar-refractivity contribution < 1.29 is 14.3 Å². The van der Waals surface area contributed by atoms with Crippen molar-refractivity contribution in [3.8, 4) is 0 Å². The van der Waals surface area contributed by atoms with E-state index in [0.29, 0.717) is 6.61 Å². The average molecular weight is 294 g/mol. The molecule has 2 fully saturated rings. The first-order valence-electron chi connectivity index (χ1n) is 8.48. The Kier molecular flexibility index (Phi) is 4.51. The van der Waals surface area contributed by atoms with Crippen LogP contribution in [0, 0.1) is 16.2 Å². The van der Waals surface area contributed by atoms with Crippen molar-refractivity contribution >= 4 is 11.8 Å². The summed E-state index contributed by atoms with van der Waals surface area (Å²) in [5.74, 6) is -0.205. The van der Waals surface area contributed by atoms with Crippen molar-refractivity contribution in [2.45, 2.75) is 79.1 Å². The van der Waals surface area contributed by atoms with Gasteiger partial charge in [0, 0.05) is 5.41 Å². The third-order valence-electron chi connectivity index (χ3n) is 5.30. The van der Waals surface area contributed by atoms with Gasteiger partial charge in [-0.3, -0.25) is 9.59 Å². The molecule has 0 N–H and O–H groups in total. The van der Waals surface area contributed by atoms with E-state index in [0.717, 1.165) is 12.8 Å². The summed E-state index contributed by atoms with van der Waals surface area (Å²) in [5, 5.41) is 0. The molecule has 0 atom stereocenters. The summed E-state index contributed by atoms with van der Waals surface area (Å²) in [4.78, 5) is 25.4. The molecule has 0 aromatic rings. The first-order chi connectivity index (χ1) is 9.76. The molecule has 0 amide bonds. The lowest BCUT2D eigenvalue weighted by molar-refractivity contribution is -0.182. The molecule has 2 saturated carbocycles. The third-order valence-corrected chi connectivity index (χ3v) is 5.30. The van der Waals surface area contributed by atoms with E-state index >= 15 is 0 Å². The van der Waals surface area contributed by atoms with Gasteiger partial charge in [-0.2, -0.15) is 0 Å². The summed E-state index contributed by atoms with van der Waals surface area (Å²) in [7, 11) is 0. The highest BCUT2D eigenvalue weighted by atomic mass is 16.5. The summed E-state index contributed by atoms with van der Waals surface area (Å²) in [6.07, 6.45) is 8.84. The third kappa shape index (κ3) is 3.02. The molecule has 0 bridgehead atoms. The van der Waals surface area contributed by atoms with Crippen LogP contribution >= 0.6 is 0 Å². The van der Waals surface area contributed by atoms with Crippen LogP contribution in [0.1, 0.15) is 79.1 Å². The zero-order chi connectivity index (χ0) is 15.7. The summed E-state index contributed by atoms with van der Waals surface area (Å²) >= 11 is 0. The van der Waals surface area contributed by atoms with Crippen LogP contribution in [-0.2, 0) is 14.3 Å². The molecule has 0 aromatic heterocycles. The molecule has 1 spiro atoms. The molecule has 3 nitrogen and oxygen atoms in total. The average Bonchev–Trinajstić information content (AvgIpc) is 2.60. The van der Waals surface area contributed by atoms with Gasteiger partial charge in [0.1, 0.15) is 5.41 Å². The van der Waals surface area contributed by atoms with Crippen molar-refractivity contribution in [3.63, 3.8) is 0 Å². The molecule has 0 unspecified atom stereocenters. The minimum Gasteiger partial charge on any atom is -0.465 e. The monoisotopic (exact) mass is 294 g/mol. The number of ether oxygens (including phenoxy) is 1. The molecule has 2 rings (SSSR count). The highest BCUT2D eigenvalue weighted by molar-refractivity contribution is 6.07. The topological polar surface area (TPSA) is 43.4 Å². The Labute approximate surface area is 128 Å². The number of hydrogen-bond donors (Lipinski definition) is 0. The molecular formula is C18H30O3. The van der Waals surface area contributed by atoms with Crippen molar-refractivity contribution in [1.82, 2.24) is 0 Å². The summed E-state index contributed by atoms with van der Waals surface area (Å²) in [6.45, 7) is 7.90. The van der Waals surface area contributed by atoms with E-state index < -0.39 is 10.8 Å². The van der Waals surface area contributed by atoms with E-state index in [9.17, 15) is 9.59 Å². The van der Waals surface area contributed by atoms with Gasteiger partial charge in [0.25, 0.3) is 0 Å². The maximum Gasteiger partial charge on any atom is 0.319 e. The molecule has 120 valence electrons. The predicted octanol–water partition coefficient (Wildman–Crippen LogP) is 4.29. The largest absolute Gasteiger partial charge is 0.465 e. The van der Waals surface area contributed by atoms with Crippen LogP contribution in [0.3, 0.4) is 0 Å². The number of Topliss-reactive ketones (excluding diaryl/α,β-unsaturated/α-hetero) is 1. The second kappa shape index (κ2) is 5.73. The van der Waals surface area contributed by atoms with E-state index in [2.05, 4.69) is 0 Å². The Hall–Kier alpha value is -0.860. The number of carbonyl (C=O) groups is 2. The van der Waals surface area contributed by atoms with Crippen molar-refractivity contribution in [2.75, 3.05) is 6.61 Å². The van der Waals surface area contributed by atoms with Crippen molar-refractivity contribution in [1.29, 1.82) is 0 Å². The summed E-state index contributed by atoms with van der Waals surface area (Å²) in [5.41, 5.74) is -1.12. The lowest BCUT2D eigenvalue weighted by Gasteiger charge is -2.55. The molecule has 0 radical (unpaired) electrons.